The number of nitrogens with one attached hydrogen (secondary N) is 1. The van der Waals surface area contributed by atoms with E-state index in [9.17, 15) is 4.79 Å². The van der Waals surface area contributed by atoms with Crippen LogP contribution in [0, 0.1) is 19.8 Å². The van der Waals surface area contributed by atoms with Crippen LogP contribution in [0.3, 0.4) is 0 Å². The number of amides is 1. The van der Waals surface area contributed by atoms with Crippen LogP contribution in [0.1, 0.15) is 59.1 Å². The van der Waals surface area contributed by atoms with Gasteiger partial charge in [-0.1, -0.05) is 13.3 Å². The van der Waals surface area contributed by atoms with Gasteiger partial charge in [0.1, 0.15) is 0 Å². The Kier molecular flexibility index (Phi) is 4.44. The predicted molar refractivity (Wildman–Crippen MR) is 77.3 cm³/mol. The molecule has 1 aromatic heterocycles. The van der Waals surface area contributed by atoms with Crippen LogP contribution in [0.15, 0.2) is 6.07 Å². The Bertz CT molecular complexity index is 397. The normalized spacial score (nSPS) is 23.9. The standard InChI is InChI=1S/C15H23NOS/c1-4-12-5-7-13(8-6-12)16-15(17)14-9-10(2)11(3)18-14/h9,12-13H,4-8H2,1-3H3,(H,16,17). The predicted octanol–water partition coefficient (Wildman–Crippen LogP) is 4.06. The zero-order valence-corrected chi connectivity index (χ0v) is 12.4. The molecular weight excluding hydrogens is 242 g/mol. The topological polar surface area (TPSA) is 29.1 Å². The molecule has 0 spiro atoms. The molecule has 0 saturated heterocycles. The maximum atomic E-state index is 12.1. The van der Waals surface area contributed by atoms with Gasteiger partial charge >= 0.3 is 0 Å². The Labute approximate surface area is 114 Å². The summed E-state index contributed by atoms with van der Waals surface area (Å²) in [5.74, 6) is 1.00. The number of aryl methyl sites for hydroxylation is 2. The van der Waals surface area contributed by atoms with E-state index in [1.807, 2.05) is 6.07 Å². The molecule has 1 N–H and O–H groups in total. The lowest BCUT2D eigenvalue weighted by molar-refractivity contribution is 0.0925. The van der Waals surface area contributed by atoms with Gasteiger partial charge in [0.25, 0.3) is 5.91 Å². The van der Waals surface area contributed by atoms with Crippen molar-refractivity contribution in [1.82, 2.24) is 5.32 Å². The highest BCUT2D eigenvalue weighted by molar-refractivity contribution is 7.14. The van der Waals surface area contributed by atoms with Gasteiger partial charge in [-0.05, 0) is 57.1 Å². The fourth-order valence-corrected chi connectivity index (χ4v) is 3.59. The molecule has 0 aliphatic heterocycles. The second-order valence-electron chi connectivity index (χ2n) is 5.45. The molecule has 0 atom stereocenters. The molecule has 0 bridgehead atoms. The second-order valence-corrected chi connectivity index (χ2v) is 6.71. The highest BCUT2D eigenvalue weighted by Crippen LogP contribution is 2.27. The molecule has 1 amide bonds. The van der Waals surface area contributed by atoms with E-state index in [1.54, 1.807) is 11.3 Å². The van der Waals surface area contributed by atoms with Gasteiger partial charge in [-0.15, -0.1) is 11.3 Å². The SMILES string of the molecule is CCC1CCC(NC(=O)c2cc(C)c(C)s2)CC1. The summed E-state index contributed by atoms with van der Waals surface area (Å²) in [6.07, 6.45) is 6.11. The first kappa shape index (κ1) is 13.6. The number of thiophene rings is 1. The van der Waals surface area contributed by atoms with Crippen molar-refractivity contribution in [3.8, 4) is 0 Å². The first-order valence-electron chi connectivity index (χ1n) is 6.98. The van der Waals surface area contributed by atoms with Crippen LogP contribution in [-0.2, 0) is 0 Å². The van der Waals surface area contributed by atoms with Crippen molar-refractivity contribution in [2.75, 3.05) is 0 Å². The quantitative estimate of drug-likeness (QED) is 0.877. The van der Waals surface area contributed by atoms with Crippen LogP contribution in [0.25, 0.3) is 0 Å². The molecule has 1 aliphatic carbocycles. The van der Waals surface area contributed by atoms with Gasteiger partial charge in [-0.2, -0.15) is 0 Å². The van der Waals surface area contributed by atoms with Crippen molar-refractivity contribution < 1.29 is 4.79 Å². The number of hydrogen-bond donors (Lipinski definition) is 1. The average molecular weight is 265 g/mol. The molecule has 2 nitrogen and oxygen atoms in total. The van der Waals surface area contributed by atoms with Gasteiger partial charge < -0.3 is 5.32 Å². The van der Waals surface area contributed by atoms with E-state index in [2.05, 4.69) is 26.1 Å². The molecule has 18 heavy (non-hydrogen) atoms. The first-order chi connectivity index (χ1) is 8.60. The van der Waals surface area contributed by atoms with Gasteiger partial charge in [0.2, 0.25) is 0 Å². The lowest BCUT2D eigenvalue weighted by Gasteiger charge is -2.28. The van der Waals surface area contributed by atoms with Crippen LogP contribution in [0.2, 0.25) is 0 Å². The minimum absolute atomic E-state index is 0.121. The Morgan fingerprint density at radius 3 is 2.50 bits per heavy atom. The largest absolute Gasteiger partial charge is 0.349 e. The third kappa shape index (κ3) is 3.14. The van der Waals surface area contributed by atoms with Crippen LogP contribution in [-0.4, -0.2) is 11.9 Å². The van der Waals surface area contributed by atoms with Crippen LogP contribution < -0.4 is 5.32 Å². The van der Waals surface area contributed by atoms with Crippen molar-refractivity contribution >= 4 is 17.2 Å². The molecule has 2 rings (SSSR count). The Morgan fingerprint density at radius 1 is 1.33 bits per heavy atom. The van der Waals surface area contributed by atoms with E-state index in [1.165, 1.54) is 29.7 Å². The van der Waals surface area contributed by atoms with Crippen molar-refractivity contribution in [3.63, 3.8) is 0 Å². The van der Waals surface area contributed by atoms with E-state index < -0.39 is 0 Å². The fourth-order valence-electron chi connectivity index (χ4n) is 2.66. The fraction of sp³-hybridized carbons (Fsp3) is 0.667. The van der Waals surface area contributed by atoms with Gasteiger partial charge in [-0.3, -0.25) is 4.79 Å². The van der Waals surface area contributed by atoms with E-state index in [-0.39, 0.29) is 5.91 Å². The van der Waals surface area contributed by atoms with E-state index in [0.717, 1.165) is 23.6 Å². The minimum Gasteiger partial charge on any atom is -0.349 e. The first-order valence-corrected chi connectivity index (χ1v) is 7.79. The molecule has 100 valence electrons. The lowest BCUT2D eigenvalue weighted by atomic mass is 9.84. The van der Waals surface area contributed by atoms with Crippen molar-refractivity contribution in [2.24, 2.45) is 5.92 Å². The van der Waals surface area contributed by atoms with Crippen molar-refractivity contribution in [1.29, 1.82) is 0 Å². The number of carbonyl (C=O) groups is 1. The molecule has 1 aliphatic rings. The lowest BCUT2D eigenvalue weighted by Crippen LogP contribution is -2.37. The van der Waals surface area contributed by atoms with Crippen molar-refractivity contribution in [3.05, 3.63) is 21.4 Å². The van der Waals surface area contributed by atoms with Gasteiger partial charge in [0, 0.05) is 10.9 Å². The van der Waals surface area contributed by atoms with Crippen LogP contribution in [0.4, 0.5) is 0 Å². The van der Waals surface area contributed by atoms with E-state index >= 15 is 0 Å². The molecule has 1 fully saturated rings. The minimum atomic E-state index is 0.121. The average Bonchev–Trinajstić information content (AvgIpc) is 2.71. The van der Waals surface area contributed by atoms with Gasteiger partial charge in [0.05, 0.1) is 4.88 Å². The summed E-state index contributed by atoms with van der Waals surface area (Å²) in [7, 11) is 0. The summed E-state index contributed by atoms with van der Waals surface area (Å²) >= 11 is 1.60. The summed E-state index contributed by atoms with van der Waals surface area (Å²) in [4.78, 5) is 14.2. The summed E-state index contributed by atoms with van der Waals surface area (Å²) in [6.45, 7) is 6.40. The van der Waals surface area contributed by atoms with Gasteiger partial charge in [-0.25, -0.2) is 0 Å². The van der Waals surface area contributed by atoms with E-state index in [4.69, 9.17) is 0 Å². The number of rotatable bonds is 3. The summed E-state index contributed by atoms with van der Waals surface area (Å²) in [5, 5.41) is 3.19. The zero-order valence-electron chi connectivity index (χ0n) is 11.6. The molecule has 0 unspecified atom stereocenters. The van der Waals surface area contributed by atoms with Crippen LogP contribution in [0.5, 0.6) is 0 Å². The van der Waals surface area contributed by atoms with Crippen LogP contribution >= 0.6 is 11.3 Å². The monoisotopic (exact) mass is 265 g/mol. The Morgan fingerprint density at radius 2 is 2.00 bits per heavy atom. The maximum Gasteiger partial charge on any atom is 0.261 e. The Hall–Kier alpha value is -0.830. The highest BCUT2D eigenvalue weighted by atomic mass is 32.1. The third-order valence-electron chi connectivity index (χ3n) is 4.15. The molecule has 3 heteroatoms. The highest BCUT2D eigenvalue weighted by Gasteiger charge is 2.22. The molecule has 0 aromatic carbocycles. The number of carbonyl (C=O) groups excluding carboxylic acids is 1. The van der Waals surface area contributed by atoms with Gasteiger partial charge in [0.15, 0.2) is 0 Å². The smallest absolute Gasteiger partial charge is 0.261 e. The molecule has 1 aromatic rings. The molecular formula is C15H23NOS. The molecule has 0 radical (unpaired) electrons. The van der Waals surface area contributed by atoms with Crippen molar-refractivity contribution in [2.45, 2.75) is 58.9 Å². The second kappa shape index (κ2) is 5.87. The third-order valence-corrected chi connectivity index (χ3v) is 5.30. The summed E-state index contributed by atoms with van der Waals surface area (Å²) in [6, 6.07) is 2.40. The maximum absolute atomic E-state index is 12.1. The number of hydrogen-bond acceptors (Lipinski definition) is 2. The summed E-state index contributed by atoms with van der Waals surface area (Å²) in [5.41, 5.74) is 1.22. The zero-order chi connectivity index (χ0) is 13.1. The molecule has 1 saturated carbocycles. The van der Waals surface area contributed by atoms with E-state index in [0.29, 0.717) is 6.04 Å². The summed E-state index contributed by atoms with van der Waals surface area (Å²) < 4.78 is 0. The Balaban J connectivity index is 1.88. The molecule has 1 heterocycles.